The standard InChI is InChI=1S/C11H18Si/c1-5-6-7-8-9-10-11-12(2,3)4/h6-9H,5H2,1-4H3. The zero-order valence-electron chi connectivity index (χ0n) is 8.52. The number of allylic oxidation sites excluding steroid dienone is 4. The van der Waals surface area contributed by atoms with Crippen molar-refractivity contribution in [2.24, 2.45) is 0 Å². The SMILES string of the molecule is CCC=CC=CC#C[Si](C)(C)C. The molecule has 0 N–H and O–H groups in total. The van der Waals surface area contributed by atoms with E-state index in [0.717, 1.165) is 6.42 Å². The Bertz CT molecular complexity index is 218. The molecular weight excluding hydrogens is 160 g/mol. The van der Waals surface area contributed by atoms with E-state index in [1.807, 2.05) is 18.2 Å². The Kier molecular flexibility index (Phi) is 5.49. The molecule has 0 aromatic heterocycles. The monoisotopic (exact) mass is 178 g/mol. The quantitative estimate of drug-likeness (QED) is 0.345. The van der Waals surface area contributed by atoms with Crippen LogP contribution in [0.15, 0.2) is 24.3 Å². The summed E-state index contributed by atoms with van der Waals surface area (Å²) in [4.78, 5) is 0. The Morgan fingerprint density at radius 2 is 1.83 bits per heavy atom. The number of hydrogen-bond acceptors (Lipinski definition) is 0. The van der Waals surface area contributed by atoms with Gasteiger partial charge < -0.3 is 0 Å². The minimum absolute atomic E-state index is 1.09. The van der Waals surface area contributed by atoms with Crippen LogP contribution in [0.2, 0.25) is 19.6 Å². The molecule has 0 nitrogen and oxygen atoms in total. The molecule has 0 heterocycles. The van der Waals surface area contributed by atoms with Crippen molar-refractivity contribution in [2.75, 3.05) is 0 Å². The summed E-state index contributed by atoms with van der Waals surface area (Å²) in [5.41, 5.74) is 3.27. The van der Waals surface area contributed by atoms with Crippen LogP contribution in [-0.2, 0) is 0 Å². The lowest BCUT2D eigenvalue weighted by Crippen LogP contribution is -2.16. The first-order valence-corrected chi connectivity index (χ1v) is 7.90. The molecule has 0 amide bonds. The average Bonchev–Trinajstić information content (AvgIpc) is 1.94. The van der Waals surface area contributed by atoms with E-state index in [9.17, 15) is 0 Å². The molecule has 0 aromatic rings. The van der Waals surface area contributed by atoms with Crippen molar-refractivity contribution in [2.45, 2.75) is 33.0 Å². The van der Waals surface area contributed by atoms with Gasteiger partial charge in [-0.2, -0.15) is 0 Å². The molecule has 0 rings (SSSR count). The molecular formula is C11H18Si. The van der Waals surface area contributed by atoms with Crippen molar-refractivity contribution in [3.63, 3.8) is 0 Å². The van der Waals surface area contributed by atoms with Crippen LogP contribution >= 0.6 is 0 Å². The van der Waals surface area contributed by atoms with Gasteiger partial charge in [0.1, 0.15) is 8.07 Å². The van der Waals surface area contributed by atoms with E-state index >= 15 is 0 Å². The molecule has 0 bridgehead atoms. The molecule has 0 atom stereocenters. The second kappa shape index (κ2) is 5.85. The number of rotatable bonds is 2. The maximum absolute atomic E-state index is 3.27. The van der Waals surface area contributed by atoms with Gasteiger partial charge in [-0.25, -0.2) is 0 Å². The van der Waals surface area contributed by atoms with Crippen LogP contribution in [0.4, 0.5) is 0 Å². The minimum atomic E-state index is -1.16. The molecule has 0 aromatic carbocycles. The first kappa shape index (κ1) is 11.3. The maximum Gasteiger partial charge on any atom is 0.129 e. The lowest BCUT2D eigenvalue weighted by molar-refractivity contribution is 1.22. The van der Waals surface area contributed by atoms with E-state index < -0.39 is 8.07 Å². The Morgan fingerprint density at radius 1 is 1.17 bits per heavy atom. The highest BCUT2D eigenvalue weighted by Gasteiger charge is 2.06. The molecule has 0 saturated carbocycles. The second-order valence-electron chi connectivity index (χ2n) is 3.71. The fourth-order valence-corrected chi connectivity index (χ4v) is 1.09. The van der Waals surface area contributed by atoms with Gasteiger partial charge in [-0.05, 0) is 12.5 Å². The summed E-state index contributed by atoms with van der Waals surface area (Å²) in [6.45, 7) is 8.86. The van der Waals surface area contributed by atoms with Gasteiger partial charge in [0.05, 0.1) is 0 Å². The minimum Gasteiger partial charge on any atom is -0.127 e. The van der Waals surface area contributed by atoms with E-state index in [-0.39, 0.29) is 0 Å². The number of hydrogen-bond donors (Lipinski definition) is 0. The Labute approximate surface area is 77.4 Å². The Morgan fingerprint density at radius 3 is 2.33 bits per heavy atom. The van der Waals surface area contributed by atoms with Gasteiger partial charge in [0, 0.05) is 0 Å². The van der Waals surface area contributed by atoms with Gasteiger partial charge in [0.2, 0.25) is 0 Å². The molecule has 0 saturated heterocycles. The Hall–Kier alpha value is -0.743. The van der Waals surface area contributed by atoms with Gasteiger partial charge in [-0.15, -0.1) is 5.54 Å². The zero-order chi connectivity index (χ0) is 9.45. The van der Waals surface area contributed by atoms with Gasteiger partial charge in [-0.1, -0.05) is 50.7 Å². The highest BCUT2D eigenvalue weighted by atomic mass is 28.3. The molecule has 0 fully saturated rings. The van der Waals surface area contributed by atoms with Crippen molar-refractivity contribution in [1.29, 1.82) is 0 Å². The summed E-state index contributed by atoms with van der Waals surface area (Å²) in [6, 6.07) is 0. The van der Waals surface area contributed by atoms with Crippen LogP contribution in [0.3, 0.4) is 0 Å². The Balaban J connectivity index is 3.86. The van der Waals surface area contributed by atoms with Gasteiger partial charge in [-0.3, -0.25) is 0 Å². The summed E-state index contributed by atoms with van der Waals surface area (Å²) in [5.74, 6) is 3.06. The topological polar surface area (TPSA) is 0 Å². The summed E-state index contributed by atoms with van der Waals surface area (Å²) in [7, 11) is -1.16. The maximum atomic E-state index is 3.27. The fraction of sp³-hybridized carbons (Fsp3) is 0.455. The molecule has 0 aliphatic carbocycles. The lowest BCUT2D eigenvalue weighted by Gasteiger charge is -2.01. The molecule has 0 radical (unpaired) electrons. The third-order valence-corrected chi connectivity index (χ3v) is 2.00. The predicted octanol–water partition coefficient (Wildman–Crippen LogP) is 3.39. The van der Waals surface area contributed by atoms with Crippen LogP contribution < -0.4 is 0 Å². The second-order valence-corrected chi connectivity index (χ2v) is 8.46. The largest absolute Gasteiger partial charge is 0.129 e. The van der Waals surface area contributed by atoms with Crippen molar-refractivity contribution in [3.05, 3.63) is 24.3 Å². The molecule has 12 heavy (non-hydrogen) atoms. The molecule has 1 heteroatoms. The lowest BCUT2D eigenvalue weighted by atomic mass is 10.4. The molecule has 0 aliphatic rings. The highest BCUT2D eigenvalue weighted by Crippen LogP contribution is 1.95. The van der Waals surface area contributed by atoms with E-state index in [0.29, 0.717) is 0 Å². The van der Waals surface area contributed by atoms with Gasteiger partial charge in [0.25, 0.3) is 0 Å². The van der Waals surface area contributed by atoms with Crippen molar-refractivity contribution >= 4 is 8.07 Å². The molecule has 0 unspecified atom stereocenters. The average molecular weight is 178 g/mol. The highest BCUT2D eigenvalue weighted by molar-refractivity contribution is 6.83. The van der Waals surface area contributed by atoms with Crippen molar-refractivity contribution in [1.82, 2.24) is 0 Å². The third kappa shape index (κ3) is 9.26. The van der Waals surface area contributed by atoms with Crippen molar-refractivity contribution in [3.8, 4) is 11.5 Å². The van der Waals surface area contributed by atoms with Crippen LogP contribution in [0.5, 0.6) is 0 Å². The normalized spacial score (nSPS) is 12.0. The third-order valence-electron chi connectivity index (χ3n) is 1.11. The summed E-state index contributed by atoms with van der Waals surface area (Å²) >= 11 is 0. The smallest absolute Gasteiger partial charge is 0.127 e. The van der Waals surface area contributed by atoms with Crippen LogP contribution in [0.1, 0.15) is 13.3 Å². The molecule has 66 valence electrons. The first-order valence-electron chi connectivity index (χ1n) is 4.40. The van der Waals surface area contributed by atoms with E-state index in [4.69, 9.17) is 0 Å². The van der Waals surface area contributed by atoms with E-state index in [1.54, 1.807) is 0 Å². The molecule has 0 spiro atoms. The predicted molar refractivity (Wildman–Crippen MR) is 59.7 cm³/mol. The van der Waals surface area contributed by atoms with Gasteiger partial charge >= 0.3 is 0 Å². The van der Waals surface area contributed by atoms with Gasteiger partial charge in [0.15, 0.2) is 0 Å². The first-order chi connectivity index (χ1) is 5.56. The van der Waals surface area contributed by atoms with Crippen molar-refractivity contribution < 1.29 is 0 Å². The van der Waals surface area contributed by atoms with Crippen LogP contribution in [0, 0.1) is 11.5 Å². The van der Waals surface area contributed by atoms with Crippen LogP contribution in [0.25, 0.3) is 0 Å². The van der Waals surface area contributed by atoms with Crippen LogP contribution in [-0.4, -0.2) is 8.07 Å². The molecule has 0 aliphatic heterocycles. The van der Waals surface area contributed by atoms with E-state index in [1.165, 1.54) is 0 Å². The van der Waals surface area contributed by atoms with E-state index in [2.05, 4.69) is 44.1 Å². The summed E-state index contributed by atoms with van der Waals surface area (Å²) in [6.07, 6.45) is 9.17. The zero-order valence-corrected chi connectivity index (χ0v) is 9.52. The fourth-order valence-electron chi connectivity index (χ4n) is 0.576. The summed E-state index contributed by atoms with van der Waals surface area (Å²) in [5, 5.41) is 0. The summed E-state index contributed by atoms with van der Waals surface area (Å²) < 4.78 is 0.